The van der Waals surface area contributed by atoms with Crippen LogP contribution < -0.4 is 10.2 Å². The largest absolute Gasteiger partial charge is 0.494 e. The number of benzene rings is 2. The summed E-state index contributed by atoms with van der Waals surface area (Å²) in [6, 6.07) is 12.4. The molecule has 1 aromatic heterocycles. The molecule has 0 spiro atoms. The van der Waals surface area contributed by atoms with Gasteiger partial charge in [-0.2, -0.15) is 0 Å². The number of aryl methyl sites for hydroxylation is 1. The molecule has 4 rings (SSSR count). The van der Waals surface area contributed by atoms with Crippen LogP contribution in [0.25, 0.3) is 11.0 Å². The number of rotatable bonds is 6. The van der Waals surface area contributed by atoms with Crippen LogP contribution in [-0.2, 0) is 4.74 Å². The third-order valence-electron chi connectivity index (χ3n) is 5.14. The van der Waals surface area contributed by atoms with E-state index in [1.807, 2.05) is 44.2 Å². The molecule has 0 N–H and O–H groups in total. The predicted octanol–water partition coefficient (Wildman–Crippen LogP) is 3.69. The van der Waals surface area contributed by atoms with E-state index < -0.39 is 6.04 Å². The molecule has 29 heavy (non-hydrogen) atoms. The normalized spacial score (nSPS) is 15.8. The van der Waals surface area contributed by atoms with Gasteiger partial charge in [-0.1, -0.05) is 23.8 Å². The van der Waals surface area contributed by atoms with Gasteiger partial charge in [-0.25, -0.2) is 0 Å². The third kappa shape index (κ3) is 3.29. The highest BCUT2D eigenvalue weighted by Crippen LogP contribution is 2.38. The minimum atomic E-state index is -0.547. The Morgan fingerprint density at radius 1 is 1.14 bits per heavy atom. The van der Waals surface area contributed by atoms with Gasteiger partial charge in [0, 0.05) is 13.7 Å². The Bertz CT molecular complexity index is 1130. The monoisotopic (exact) mass is 393 g/mol. The summed E-state index contributed by atoms with van der Waals surface area (Å²) in [6.45, 7) is 5.06. The number of carbonyl (C=O) groups is 1. The molecule has 0 saturated heterocycles. The topological polar surface area (TPSA) is 69.0 Å². The maximum absolute atomic E-state index is 13.4. The van der Waals surface area contributed by atoms with Gasteiger partial charge in [-0.15, -0.1) is 0 Å². The zero-order valence-corrected chi connectivity index (χ0v) is 16.7. The number of amides is 1. The first-order valence-corrected chi connectivity index (χ1v) is 9.65. The average Bonchev–Trinajstić information content (AvgIpc) is 3.00. The lowest BCUT2D eigenvalue weighted by Crippen LogP contribution is -2.32. The van der Waals surface area contributed by atoms with E-state index in [-0.39, 0.29) is 17.1 Å². The van der Waals surface area contributed by atoms with Gasteiger partial charge >= 0.3 is 0 Å². The van der Waals surface area contributed by atoms with Crippen LogP contribution in [0.4, 0.5) is 0 Å². The lowest BCUT2D eigenvalue weighted by atomic mass is 9.98. The standard InChI is InChI=1S/C23H23NO5/c1-4-28-16-7-5-6-15(13-16)20-19-21(25)17-12-14(2)8-9-18(17)29-22(19)23(26)24(20)10-11-27-3/h5-9,12-13,20H,4,10-11H2,1-3H3/t20-/m1/s1. The fourth-order valence-electron chi connectivity index (χ4n) is 3.84. The Balaban J connectivity index is 1.94. The van der Waals surface area contributed by atoms with E-state index in [0.29, 0.717) is 42.0 Å². The van der Waals surface area contributed by atoms with E-state index in [2.05, 4.69) is 0 Å². The molecule has 0 aliphatic carbocycles. The first-order valence-electron chi connectivity index (χ1n) is 9.65. The highest BCUT2D eigenvalue weighted by Gasteiger charge is 2.42. The summed E-state index contributed by atoms with van der Waals surface area (Å²) in [4.78, 5) is 28.2. The highest BCUT2D eigenvalue weighted by atomic mass is 16.5. The van der Waals surface area contributed by atoms with Gasteiger partial charge in [0.2, 0.25) is 5.76 Å². The molecule has 0 fully saturated rings. The lowest BCUT2D eigenvalue weighted by molar-refractivity contribution is 0.0663. The van der Waals surface area contributed by atoms with Gasteiger partial charge in [0.05, 0.1) is 30.2 Å². The van der Waals surface area contributed by atoms with Crippen molar-refractivity contribution in [1.82, 2.24) is 4.90 Å². The van der Waals surface area contributed by atoms with E-state index in [1.165, 1.54) is 0 Å². The number of methoxy groups -OCH3 is 1. The Morgan fingerprint density at radius 3 is 2.72 bits per heavy atom. The quantitative estimate of drug-likeness (QED) is 0.639. The zero-order valence-electron chi connectivity index (χ0n) is 16.7. The molecule has 2 heterocycles. The van der Waals surface area contributed by atoms with Crippen LogP contribution in [0.2, 0.25) is 0 Å². The van der Waals surface area contributed by atoms with E-state index in [9.17, 15) is 9.59 Å². The average molecular weight is 393 g/mol. The fraction of sp³-hybridized carbons (Fsp3) is 0.304. The summed E-state index contributed by atoms with van der Waals surface area (Å²) in [5, 5.41) is 0.483. The second-order valence-corrected chi connectivity index (χ2v) is 7.07. The summed E-state index contributed by atoms with van der Waals surface area (Å²) in [7, 11) is 1.58. The Hall–Kier alpha value is -3.12. The molecular formula is C23H23NO5. The summed E-state index contributed by atoms with van der Waals surface area (Å²) in [5.74, 6) is 0.497. The Morgan fingerprint density at radius 2 is 1.97 bits per heavy atom. The summed E-state index contributed by atoms with van der Waals surface area (Å²) >= 11 is 0. The maximum Gasteiger partial charge on any atom is 0.290 e. The van der Waals surface area contributed by atoms with Gasteiger partial charge in [0.25, 0.3) is 5.91 Å². The molecule has 1 atom stereocenters. The van der Waals surface area contributed by atoms with E-state index in [1.54, 1.807) is 24.1 Å². The molecule has 3 aromatic rings. The second-order valence-electron chi connectivity index (χ2n) is 7.07. The maximum atomic E-state index is 13.4. The summed E-state index contributed by atoms with van der Waals surface area (Å²) in [6.07, 6.45) is 0. The van der Waals surface area contributed by atoms with Gasteiger partial charge < -0.3 is 18.8 Å². The van der Waals surface area contributed by atoms with Crippen LogP contribution >= 0.6 is 0 Å². The van der Waals surface area contributed by atoms with Crippen molar-refractivity contribution in [2.45, 2.75) is 19.9 Å². The molecule has 1 amide bonds. The number of carbonyl (C=O) groups excluding carboxylic acids is 1. The van der Waals surface area contributed by atoms with Crippen molar-refractivity contribution in [1.29, 1.82) is 0 Å². The summed E-state index contributed by atoms with van der Waals surface area (Å²) in [5.41, 5.74) is 2.38. The SMILES string of the molecule is CCOc1cccc([C@@H]2c3c(oc4ccc(C)cc4c3=O)C(=O)N2CCOC)c1. The molecule has 0 unspecified atom stereocenters. The van der Waals surface area contributed by atoms with Crippen LogP contribution in [0.3, 0.4) is 0 Å². The number of hydrogen-bond acceptors (Lipinski definition) is 5. The fourth-order valence-corrected chi connectivity index (χ4v) is 3.84. The van der Waals surface area contributed by atoms with Crippen LogP contribution in [-0.4, -0.2) is 37.7 Å². The van der Waals surface area contributed by atoms with Gasteiger partial charge in [-0.3, -0.25) is 9.59 Å². The molecule has 0 saturated carbocycles. The molecule has 1 aliphatic rings. The first-order chi connectivity index (χ1) is 14.0. The van der Waals surface area contributed by atoms with E-state index in [0.717, 1.165) is 11.1 Å². The number of hydrogen-bond donors (Lipinski definition) is 0. The van der Waals surface area contributed by atoms with Crippen LogP contribution in [0.1, 0.15) is 40.2 Å². The van der Waals surface area contributed by atoms with Crippen LogP contribution in [0, 0.1) is 6.92 Å². The lowest BCUT2D eigenvalue weighted by Gasteiger charge is -2.25. The number of fused-ring (bicyclic) bond motifs is 2. The minimum absolute atomic E-state index is 0.106. The van der Waals surface area contributed by atoms with Crippen molar-refractivity contribution in [3.05, 3.63) is 75.1 Å². The van der Waals surface area contributed by atoms with Gasteiger partial charge in [-0.05, 0) is 43.7 Å². The zero-order chi connectivity index (χ0) is 20.5. The summed E-state index contributed by atoms with van der Waals surface area (Å²) < 4.78 is 16.7. The highest BCUT2D eigenvalue weighted by molar-refractivity contribution is 5.99. The molecular weight excluding hydrogens is 370 g/mol. The number of nitrogens with zero attached hydrogens (tertiary/aromatic N) is 1. The Kier molecular flexibility index (Phi) is 5.11. The van der Waals surface area contributed by atoms with Crippen LogP contribution in [0.15, 0.2) is 51.7 Å². The van der Waals surface area contributed by atoms with Crippen molar-refractivity contribution < 1.29 is 18.7 Å². The van der Waals surface area contributed by atoms with Gasteiger partial charge in [0.1, 0.15) is 11.3 Å². The molecule has 0 bridgehead atoms. The smallest absolute Gasteiger partial charge is 0.290 e. The molecule has 1 aliphatic heterocycles. The minimum Gasteiger partial charge on any atom is -0.494 e. The van der Waals surface area contributed by atoms with Gasteiger partial charge in [0.15, 0.2) is 5.43 Å². The predicted molar refractivity (Wildman–Crippen MR) is 110 cm³/mol. The third-order valence-corrected chi connectivity index (χ3v) is 5.14. The first kappa shape index (κ1) is 19.2. The van der Waals surface area contributed by atoms with E-state index >= 15 is 0 Å². The molecule has 2 aromatic carbocycles. The number of ether oxygens (including phenoxy) is 2. The van der Waals surface area contributed by atoms with Crippen molar-refractivity contribution in [2.75, 3.05) is 26.9 Å². The van der Waals surface area contributed by atoms with Crippen molar-refractivity contribution in [3.63, 3.8) is 0 Å². The van der Waals surface area contributed by atoms with E-state index in [4.69, 9.17) is 13.9 Å². The molecule has 0 radical (unpaired) electrons. The van der Waals surface area contributed by atoms with Crippen molar-refractivity contribution in [2.24, 2.45) is 0 Å². The van der Waals surface area contributed by atoms with Crippen molar-refractivity contribution in [3.8, 4) is 5.75 Å². The second kappa shape index (κ2) is 7.72. The van der Waals surface area contributed by atoms with Crippen molar-refractivity contribution >= 4 is 16.9 Å². The molecule has 6 heteroatoms. The van der Waals surface area contributed by atoms with Crippen LogP contribution in [0.5, 0.6) is 5.75 Å². The molecule has 6 nitrogen and oxygen atoms in total. The molecule has 150 valence electrons. The Labute approximate surface area is 168 Å².